The van der Waals surface area contributed by atoms with Crippen molar-refractivity contribution in [3.63, 3.8) is 0 Å². The van der Waals surface area contributed by atoms with Gasteiger partial charge in [-0.05, 0) is 50.5 Å². The maximum Gasteiger partial charge on any atom is 0.0639 e. The van der Waals surface area contributed by atoms with Gasteiger partial charge >= 0.3 is 0 Å². The maximum absolute atomic E-state index is 5.59. The van der Waals surface area contributed by atoms with Crippen LogP contribution < -0.4 is 10.2 Å². The van der Waals surface area contributed by atoms with Gasteiger partial charge in [-0.2, -0.15) is 0 Å². The Kier molecular flexibility index (Phi) is 8.12. The van der Waals surface area contributed by atoms with Gasteiger partial charge in [-0.25, -0.2) is 0 Å². The van der Waals surface area contributed by atoms with Crippen molar-refractivity contribution in [2.24, 2.45) is 5.92 Å². The fraction of sp³-hybridized carbons (Fsp3) is 0.647. The lowest BCUT2D eigenvalue weighted by atomic mass is 10.1. The summed E-state index contributed by atoms with van der Waals surface area (Å²) in [6, 6.07) is 8.63. The van der Waals surface area contributed by atoms with Gasteiger partial charge < -0.3 is 15.0 Å². The number of ether oxygens (including phenoxy) is 1. The van der Waals surface area contributed by atoms with Crippen LogP contribution >= 0.6 is 0 Å². The van der Waals surface area contributed by atoms with E-state index in [4.69, 9.17) is 4.74 Å². The van der Waals surface area contributed by atoms with Crippen molar-refractivity contribution in [1.29, 1.82) is 0 Å². The van der Waals surface area contributed by atoms with Crippen molar-refractivity contribution in [1.82, 2.24) is 0 Å². The number of rotatable bonds is 10. The molecule has 0 heterocycles. The Morgan fingerprint density at radius 3 is 2.25 bits per heavy atom. The van der Waals surface area contributed by atoms with Crippen LogP contribution in [0.1, 0.15) is 34.1 Å². The second-order valence-corrected chi connectivity index (χ2v) is 5.44. The van der Waals surface area contributed by atoms with Gasteiger partial charge in [0.1, 0.15) is 0 Å². The largest absolute Gasteiger partial charge is 0.383 e. The standard InChI is InChI=1S/C17H30N2O/c1-5-19(6-2)17-9-7-16(8-10-17)18-12-14-20-13-11-15(3)4/h7-10,15,18H,5-6,11-14H2,1-4H3. The van der Waals surface area contributed by atoms with E-state index in [1.807, 2.05) is 0 Å². The highest BCUT2D eigenvalue weighted by atomic mass is 16.5. The quantitative estimate of drug-likeness (QED) is 0.655. The second kappa shape index (κ2) is 9.65. The molecule has 20 heavy (non-hydrogen) atoms. The van der Waals surface area contributed by atoms with Gasteiger partial charge in [0, 0.05) is 37.6 Å². The second-order valence-electron chi connectivity index (χ2n) is 5.44. The molecule has 0 unspecified atom stereocenters. The zero-order chi connectivity index (χ0) is 14.8. The van der Waals surface area contributed by atoms with E-state index in [1.54, 1.807) is 0 Å². The first-order valence-corrected chi connectivity index (χ1v) is 7.84. The van der Waals surface area contributed by atoms with Crippen LogP contribution in [0.4, 0.5) is 11.4 Å². The minimum absolute atomic E-state index is 0.718. The summed E-state index contributed by atoms with van der Waals surface area (Å²) in [6.07, 6.45) is 1.14. The minimum atomic E-state index is 0.718. The van der Waals surface area contributed by atoms with Gasteiger partial charge in [-0.1, -0.05) is 13.8 Å². The van der Waals surface area contributed by atoms with Crippen LogP contribution in [0.15, 0.2) is 24.3 Å². The van der Waals surface area contributed by atoms with E-state index in [1.165, 1.54) is 5.69 Å². The number of nitrogens with one attached hydrogen (secondary N) is 1. The average Bonchev–Trinajstić information content (AvgIpc) is 2.45. The molecule has 0 aliphatic carbocycles. The summed E-state index contributed by atoms with van der Waals surface area (Å²) in [4.78, 5) is 2.35. The third-order valence-corrected chi connectivity index (χ3v) is 3.41. The molecule has 1 aromatic carbocycles. The summed E-state index contributed by atoms with van der Waals surface area (Å²) in [6.45, 7) is 13.4. The van der Waals surface area contributed by atoms with Crippen molar-refractivity contribution in [3.8, 4) is 0 Å². The summed E-state index contributed by atoms with van der Waals surface area (Å²) in [7, 11) is 0. The first-order valence-electron chi connectivity index (χ1n) is 7.84. The highest BCUT2D eigenvalue weighted by Crippen LogP contribution is 2.17. The smallest absolute Gasteiger partial charge is 0.0639 e. The highest BCUT2D eigenvalue weighted by molar-refractivity contribution is 5.54. The molecule has 0 aliphatic heterocycles. The van der Waals surface area contributed by atoms with Gasteiger partial charge in [0.05, 0.1) is 6.61 Å². The molecule has 3 nitrogen and oxygen atoms in total. The lowest BCUT2D eigenvalue weighted by molar-refractivity contribution is 0.132. The van der Waals surface area contributed by atoms with Crippen molar-refractivity contribution in [3.05, 3.63) is 24.3 Å². The Bertz CT molecular complexity index is 345. The molecular weight excluding hydrogens is 248 g/mol. The summed E-state index contributed by atoms with van der Waals surface area (Å²) < 4.78 is 5.59. The Balaban J connectivity index is 2.24. The summed E-state index contributed by atoms with van der Waals surface area (Å²) in [5.41, 5.74) is 2.45. The first-order chi connectivity index (χ1) is 9.67. The number of nitrogens with zero attached hydrogens (tertiary/aromatic N) is 1. The average molecular weight is 278 g/mol. The van der Waals surface area contributed by atoms with E-state index in [0.717, 1.165) is 50.9 Å². The zero-order valence-electron chi connectivity index (χ0n) is 13.5. The maximum atomic E-state index is 5.59. The monoisotopic (exact) mass is 278 g/mol. The molecule has 1 N–H and O–H groups in total. The van der Waals surface area contributed by atoms with Crippen LogP contribution in [-0.2, 0) is 4.74 Å². The molecule has 0 saturated heterocycles. The van der Waals surface area contributed by atoms with Crippen LogP contribution in [0.3, 0.4) is 0 Å². The van der Waals surface area contributed by atoms with Gasteiger partial charge in [0.15, 0.2) is 0 Å². The van der Waals surface area contributed by atoms with Crippen molar-refractivity contribution in [2.45, 2.75) is 34.1 Å². The van der Waals surface area contributed by atoms with Crippen LogP contribution in [0.5, 0.6) is 0 Å². The fourth-order valence-corrected chi connectivity index (χ4v) is 2.07. The molecule has 1 rings (SSSR count). The molecule has 0 fully saturated rings. The third kappa shape index (κ3) is 6.29. The molecule has 3 heteroatoms. The van der Waals surface area contributed by atoms with E-state index in [9.17, 15) is 0 Å². The highest BCUT2D eigenvalue weighted by Gasteiger charge is 2.01. The van der Waals surface area contributed by atoms with E-state index in [2.05, 4.69) is 62.2 Å². The third-order valence-electron chi connectivity index (χ3n) is 3.41. The van der Waals surface area contributed by atoms with Gasteiger partial charge in [0.25, 0.3) is 0 Å². The topological polar surface area (TPSA) is 24.5 Å². The predicted molar refractivity (Wildman–Crippen MR) is 88.8 cm³/mol. The Morgan fingerprint density at radius 2 is 1.70 bits per heavy atom. The van der Waals surface area contributed by atoms with Gasteiger partial charge in [-0.3, -0.25) is 0 Å². The molecule has 0 saturated carbocycles. The van der Waals surface area contributed by atoms with Crippen LogP contribution in [0.25, 0.3) is 0 Å². The molecule has 0 aromatic heterocycles. The van der Waals surface area contributed by atoms with Crippen LogP contribution in [0.2, 0.25) is 0 Å². The Morgan fingerprint density at radius 1 is 1.05 bits per heavy atom. The SMILES string of the molecule is CCN(CC)c1ccc(NCCOCCC(C)C)cc1. The zero-order valence-corrected chi connectivity index (χ0v) is 13.5. The fourth-order valence-electron chi connectivity index (χ4n) is 2.07. The lowest BCUT2D eigenvalue weighted by Crippen LogP contribution is -2.21. The number of anilines is 2. The van der Waals surface area contributed by atoms with Crippen molar-refractivity contribution >= 4 is 11.4 Å². The number of hydrogen-bond acceptors (Lipinski definition) is 3. The molecule has 114 valence electrons. The molecule has 0 radical (unpaired) electrons. The van der Waals surface area contributed by atoms with Crippen molar-refractivity contribution in [2.75, 3.05) is 43.1 Å². The molecular formula is C17H30N2O. The van der Waals surface area contributed by atoms with E-state index < -0.39 is 0 Å². The normalized spacial score (nSPS) is 10.8. The number of hydrogen-bond donors (Lipinski definition) is 1. The molecule has 0 spiro atoms. The van der Waals surface area contributed by atoms with E-state index in [0.29, 0.717) is 0 Å². The molecule has 0 bridgehead atoms. The Hall–Kier alpha value is -1.22. The first kappa shape index (κ1) is 16.8. The summed E-state index contributed by atoms with van der Waals surface area (Å²) in [5.74, 6) is 0.718. The minimum Gasteiger partial charge on any atom is -0.383 e. The molecule has 0 amide bonds. The molecule has 0 aliphatic rings. The van der Waals surface area contributed by atoms with Gasteiger partial charge in [-0.15, -0.1) is 0 Å². The summed E-state index contributed by atoms with van der Waals surface area (Å²) in [5, 5.41) is 3.39. The predicted octanol–water partition coefficient (Wildman–Crippen LogP) is 4.01. The summed E-state index contributed by atoms with van der Waals surface area (Å²) >= 11 is 0. The van der Waals surface area contributed by atoms with E-state index in [-0.39, 0.29) is 0 Å². The Labute approximate surface area is 124 Å². The van der Waals surface area contributed by atoms with Crippen LogP contribution in [0, 0.1) is 5.92 Å². The van der Waals surface area contributed by atoms with Crippen LogP contribution in [-0.4, -0.2) is 32.8 Å². The number of benzene rings is 1. The molecule has 0 atom stereocenters. The van der Waals surface area contributed by atoms with Crippen molar-refractivity contribution < 1.29 is 4.74 Å². The molecule has 1 aromatic rings. The van der Waals surface area contributed by atoms with E-state index >= 15 is 0 Å². The van der Waals surface area contributed by atoms with Gasteiger partial charge in [0.2, 0.25) is 0 Å². The lowest BCUT2D eigenvalue weighted by Gasteiger charge is -2.21.